The summed E-state index contributed by atoms with van der Waals surface area (Å²) in [5.41, 5.74) is 1.27. The maximum Gasteiger partial charge on any atom is 0.328 e. The normalized spacial score (nSPS) is 15.3. The van der Waals surface area contributed by atoms with Gasteiger partial charge in [0.2, 0.25) is 5.91 Å². The SMILES string of the molecule is CCOC(=O)C1(C(=O)OCC)CCN(C(C)=O)c2cc(C)cc(C)c21. The van der Waals surface area contributed by atoms with Crippen LogP contribution in [0.1, 0.15) is 43.9 Å². The highest BCUT2D eigenvalue weighted by Crippen LogP contribution is 2.44. The Bertz CT molecular complexity index is 692. The van der Waals surface area contributed by atoms with Gasteiger partial charge in [0.15, 0.2) is 5.41 Å². The lowest BCUT2D eigenvalue weighted by Crippen LogP contribution is -2.53. The largest absolute Gasteiger partial charge is 0.465 e. The molecule has 25 heavy (non-hydrogen) atoms. The van der Waals surface area contributed by atoms with E-state index in [2.05, 4.69) is 0 Å². The minimum atomic E-state index is -1.54. The molecule has 0 aromatic heterocycles. The number of nitrogens with zero attached hydrogens (tertiary/aromatic N) is 1. The molecule has 2 rings (SSSR count). The molecular formula is C19H25NO5. The van der Waals surface area contributed by atoms with Gasteiger partial charge in [0, 0.05) is 24.7 Å². The van der Waals surface area contributed by atoms with Crippen LogP contribution in [0.25, 0.3) is 0 Å². The third-order valence-corrected chi connectivity index (χ3v) is 4.51. The first-order valence-electron chi connectivity index (χ1n) is 8.53. The van der Waals surface area contributed by atoms with Crippen molar-refractivity contribution in [1.29, 1.82) is 0 Å². The molecular weight excluding hydrogens is 322 g/mol. The number of rotatable bonds is 4. The summed E-state index contributed by atoms with van der Waals surface area (Å²) in [4.78, 5) is 39.5. The molecule has 1 aromatic rings. The molecule has 1 aliphatic heterocycles. The number of fused-ring (bicyclic) bond motifs is 1. The van der Waals surface area contributed by atoms with Crippen molar-refractivity contribution in [2.24, 2.45) is 0 Å². The van der Waals surface area contributed by atoms with Crippen LogP contribution in [-0.4, -0.2) is 37.6 Å². The predicted molar refractivity (Wildman–Crippen MR) is 93.5 cm³/mol. The molecule has 136 valence electrons. The average molecular weight is 347 g/mol. The molecule has 0 spiro atoms. The molecule has 1 aliphatic rings. The monoisotopic (exact) mass is 347 g/mol. The number of amides is 1. The Labute approximate surface area is 148 Å². The molecule has 0 bridgehead atoms. The van der Waals surface area contributed by atoms with Crippen molar-refractivity contribution in [3.8, 4) is 0 Å². The zero-order valence-corrected chi connectivity index (χ0v) is 15.5. The van der Waals surface area contributed by atoms with E-state index in [4.69, 9.17) is 9.47 Å². The summed E-state index contributed by atoms with van der Waals surface area (Å²) >= 11 is 0. The number of hydrogen-bond donors (Lipinski definition) is 0. The number of benzene rings is 1. The fourth-order valence-corrected chi connectivity index (χ4v) is 3.57. The van der Waals surface area contributed by atoms with E-state index in [1.54, 1.807) is 18.7 Å². The second kappa shape index (κ2) is 7.25. The lowest BCUT2D eigenvalue weighted by atomic mass is 9.71. The van der Waals surface area contributed by atoms with Crippen molar-refractivity contribution in [1.82, 2.24) is 0 Å². The Balaban J connectivity index is 2.78. The Morgan fingerprint density at radius 2 is 1.64 bits per heavy atom. The van der Waals surface area contributed by atoms with Crippen LogP contribution >= 0.6 is 0 Å². The van der Waals surface area contributed by atoms with Gasteiger partial charge in [-0.05, 0) is 51.3 Å². The molecule has 0 saturated heterocycles. The van der Waals surface area contributed by atoms with E-state index in [9.17, 15) is 14.4 Å². The number of aryl methyl sites for hydroxylation is 2. The van der Waals surface area contributed by atoms with Gasteiger partial charge >= 0.3 is 11.9 Å². The first kappa shape index (κ1) is 19.0. The van der Waals surface area contributed by atoms with Gasteiger partial charge in [0.1, 0.15) is 0 Å². The van der Waals surface area contributed by atoms with Crippen molar-refractivity contribution in [3.63, 3.8) is 0 Å². The number of ether oxygens (including phenoxy) is 2. The highest BCUT2D eigenvalue weighted by atomic mass is 16.6. The van der Waals surface area contributed by atoms with Crippen LogP contribution < -0.4 is 4.90 Å². The highest BCUT2D eigenvalue weighted by molar-refractivity contribution is 6.10. The number of esters is 2. The number of carbonyl (C=O) groups excluding carboxylic acids is 3. The van der Waals surface area contributed by atoms with E-state index >= 15 is 0 Å². The Hall–Kier alpha value is -2.37. The summed E-state index contributed by atoms with van der Waals surface area (Å²) < 4.78 is 10.5. The minimum absolute atomic E-state index is 0.132. The van der Waals surface area contributed by atoms with Crippen LogP contribution in [0, 0.1) is 13.8 Å². The van der Waals surface area contributed by atoms with Crippen LogP contribution in [0.4, 0.5) is 5.69 Å². The standard InChI is InChI=1S/C19H25NO5/c1-6-24-17(22)19(18(23)25-7-2)8-9-20(14(5)21)15-11-12(3)10-13(4)16(15)19/h10-11H,6-9H2,1-5H3. The number of anilines is 1. The summed E-state index contributed by atoms with van der Waals surface area (Å²) in [6, 6.07) is 3.73. The molecule has 0 radical (unpaired) electrons. The first-order chi connectivity index (χ1) is 11.8. The van der Waals surface area contributed by atoms with Crippen molar-refractivity contribution in [2.75, 3.05) is 24.7 Å². The lowest BCUT2D eigenvalue weighted by Gasteiger charge is -2.40. The lowest BCUT2D eigenvalue weighted by molar-refractivity contribution is -0.165. The van der Waals surface area contributed by atoms with E-state index in [-0.39, 0.29) is 32.1 Å². The molecule has 1 heterocycles. The maximum absolute atomic E-state index is 12.9. The molecule has 1 aromatic carbocycles. The van der Waals surface area contributed by atoms with Crippen molar-refractivity contribution >= 4 is 23.5 Å². The topological polar surface area (TPSA) is 72.9 Å². The molecule has 0 fully saturated rings. The second-order valence-electron chi connectivity index (χ2n) is 6.24. The Morgan fingerprint density at radius 3 is 2.12 bits per heavy atom. The van der Waals surface area contributed by atoms with E-state index in [1.807, 2.05) is 26.0 Å². The zero-order valence-electron chi connectivity index (χ0n) is 15.5. The fourth-order valence-electron chi connectivity index (χ4n) is 3.57. The van der Waals surface area contributed by atoms with Gasteiger partial charge in [-0.15, -0.1) is 0 Å². The summed E-state index contributed by atoms with van der Waals surface area (Å²) in [5, 5.41) is 0. The zero-order chi connectivity index (χ0) is 18.8. The Kier molecular flexibility index (Phi) is 5.50. The first-order valence-corrected chi connectivity index (χ1v) is 8.53. The van der Waals surface area contributed by atoms with Gasteiger partial charge in [-0.25, -0.2) is 0 Å². The summed E-state index contributed by atoms with van der Waals surface area (Å²) in [7, 11) is 0. The third kappa shape index (κ3) is 3.13. The van der Waals surface area contributed by atoms with Crippen LogP contribution in [0.5, 0.6) is 0 Å². The predicted octanol–water partition coefficient (Wildman–Crippen LogP) is 2.42. The molecule has 0 unspecified atom stereocenters. The van der Waals surface area contributed by atoms with Gasteiger partial charge < -0.3 is 14.4 Å². The smallest absolute Gasteiger partial charge is 0.328 e. The van der Waals surface area contributed by atoms with E-state index in [0.717, 1.165) is 11.1 Å². The average Bonchev–Trinajstić information content (AvgIpc) is 2.53. The van der Waals surface area contributed by atoms with E-state index < -0.39 is 17.4 Å². The molecule has 0 saturated carbocycles. The van der Waals surface area contributed by atoms with Gasteiger partial charge in [0.05, 0.1) is 13.2 Å². The summed E-state index contributed by atoms with van der Waals surface area (Å²) in [6.07, 6.45) is 0.140. The number of carbonyl (C=O) groups is 3. The summed E-state index contributed by atoms with van der Waals surface area (Å²) in [6.45, 7) is 9.20. The molecule has 6 heteroatoms. The maximum atomic E-state index is 12.9. The summed E-state index contributed by atoms with van der Waals surface area (Å²) in [5.74, 6) is -1.37. The van der Waals surface area contributed by atoms with Crippen LogP contribution in [0.15, 0.2) is 12.1 Å². The molecule has 1 amide bonds. The van der Waals surface area contributed by atoms with Crippen LogP contribution in [0.2, 0.25) is 0 Å². The molecule has 0 aliphatic carbocycles. The number of hydrogen-bond acceptors (Lipinski definition) is 5. The van der Waals surface area contributed by atoms with Gasteiger partial charge in [-0.2, -0.15) is 0 Å². The molecule has 0 N–H and O–H groups in total. The highest BCUT2D eigenvalue weighted by Gasteiger charge is 2.55. The van der Waals surface area contributed by atoms with Crippen molar-refractivity contribution < 1.29 is 23.9 Å². The quantitative estimate of drug-likeness (QED) is 0.618. The fraction of sp³-hybridized carbons (Fsp3) is 0.526. The van der Waals surface area contributed by atoms with Gasteiger partial charge in [-0.3, -0.25) is 14.4 Å². The van der Waals surface area contributed by atoms with Gasteiger partial charge in [0.25, 0.3) is 0 Å². The minimum Gasteiger partial charge on any atom is -0.465 e. The van der Waals surface area contributed by atoms with E-state index in [0.29, 0.717) is 11.3 Å². The van der Waals surface area contributed by atoms with Crippen LogP contribution in [0.3, 0.4) is 0 Å². The molecule has 0 atom stereocenters. The van der Waals surface area contributed by atoms with Gasteiger partial charge in [-0.1, -0.05) is 6.07 Å². The second-order valence-corrected chi connectivity index (χ2v) is 6.24. The Morgan fingerprint density at radius 1 is 1.08 bits per heavy atom. The third-order valence-electron chi connectivity index (χ3n) is 4.51. The van der Waals surface area contributed by atoms with Crippen LogP contribution in [-0.2, 0) is 29.3 Å². The van der Waals surface area contributed by atoms with Crippen molar-refractivity contribution in [2.45, 2.75) is 46.5 Å². The van der Waals surface area contributed by atoms with E-state index in [1.165, 1.54) is 6.92 Å². The van der Waals surface area contributed by atoms with Crippen molar-refractivity contribution in [3.05, 3.63) is 28.8 Å². The molecule has 6 nitrogen and oxygen atoms in total.